The molecule has 22 heavy (non-hydrogen) atoms. The molecule has 1 aromatic rings. The van der Waals surface area contributed by atoms with Crippen molar-refractivity contribution in [2.75, 3.05) is 13.1 Å². The maximum atomic E-state index is 12.1. The quantitative estimate of drug-likeness (QED) is 0.883. The number of carbonyl (C=O) groups is 2. The van der Waals surface area contributed by atoms with Gasteiger partial charge in [-0.1, -0.05) is 32.1 Å². The number of carbonyl (C=O) groups excluding carboxylic acids is 1. The van der Waals surface area contributed by atoms with Crippen LogP contribution in [0.3, 0.4) is 0 Å². The van der Waals surface area contributed by atoms with Gasteiger partial charge in [0.1, 0.15) is 10.0 Å². The minimum atomic E-state index is -0.859. The van der Waals surface area contributed by atoms with Crippen LogP contribution in [0.1, 0.15) is 44.1 Å². The van der Waals surface area contributed by atoms with Gasteiger partial charge in [0.15, 0.2) is 0 Å². The number of carboxylic acid groups (broad SMARTS) is 1. The van der Waals surface area contributed by atoms with Crippen LogP contribution in [0, 0.1) is 5.41 Å². The molecular weight excluding hydrogens is 304 g/mol. The van der Waals surface area contributed by atoms with Crippen LogP contribution >= 0.6 is 11.3 Å². The molecule has 2 rings (SSSR count). The first kappa shape index (κ1) is 16.7. The first-order chi connectivity index (χ1) is 10.1. The number of carboxylic acids is 1. The predicted molar refractivity (Wildman–Crippen MR) is 82.8 cm³/mol. The number of aliphatic carboxylic acids is 1. The third kappa shape index (κ3) is 3.55. The average Bonchev–Trinajstić information content (AvgIpc) is 3.03. The number of nitrogens with zero attached hydrogens (tertiary/aromatic N) is 3. The van der Waals surface area contributed by atoms with E-state index in [1.54, 1.807) is 11.8 Å². The highest BCUT2D eigenvalue weighted by molar-refractivity contribution is 7.11. The third-order valence-electron chi connectivity index (χ3n) is 3.78. The van der Waals surface area contributed by atoms with Gasteiger partial charge in [-0.15, -0.1) is 10.2 Å². The van der Waals surface area contributed by atoms with E-state index in [0.29, 0.717) is 19.5 Å². The summed E-state index contributed by atoms with van der Waals surface area (Å²) in [7, 11) is 0. The maximum absolute atomic E-state index is 12.1. The van der Waals surface area contributed by atoms with E-state index in [4.69, 9.17) is 0 Å². The van der Waals surface area contributed by atoms with Crippen molar-refractivity contribution >= 4 is 23.3 Å². The van der Waals surface area contributed by atoms with Crippen LogP contribution in [0.25, 0.3) is 0 Å². The molecule has 2 heterocycles. The molecule has 1 aromatic heterocycles. The van der Waals surface area contributed by atoms with Crippen molar-refractivity contribution in [3.63, 3.8) is 0 Å². The molecule has 0 spiro atoms. The Kier molecular flexibility index (Phi) is 4.42. The second kappa shape index (κ2) is 5.83. The third-order valence-corrected chi connectivity index (χ3v) is 5.13. The molecule has 1 aliphatic heterocycles. The number of urea groups is 1. The monoisotopic (exact) mass is 326 g/mol. The Bertz CT molecular complexity index is 581. The molecule has 1 atom stereocenters. The molecule has 7 nitrogen and oxygen atoms in total. The van der Waals surface area contributed by atoms with Crippen LogP contribution < -0.4 is 5.32 Å². The second-order valence-electron chi connectivity index (χ2n) is 6.95. The van der Waals surface area contributed by atoms with E-state index in [2.05, 4.69) is 36.3 Å². The van der Waals surface area contributed by atoms with Gasteiger partial charge in [-0.05, 0) is 13.3 Å². The minimum absolute atomic E-state index is 0.0574. The summed E-state index contributed by atoms with van der Waals surface area (Å²) in [5.41, 5.74) is -0.905. The molecular formula is C14H22N4O3S. The van der Waals surface area contributed by atoms with Crippen LogP contribution in [-0.4, -0.2) is 45.3 Å². The molecule has 1 saturated heterocycles. The van der Waals surface area contributed by atoms with E-state index < -0.39 is 11.4 Å². The van der Waals surface area contributed by atoms with Gasteiger partial charge >= 0.3 is 12.0 Å². The molecule has 0 aromatic carbocycles. The molecule has 1 aliphatic rings. The first-order valence-corrected chi connectivity index (χ1v) is 8.02. The van der Waals surface area contributed by atoms with Gasteiger partial charge in [0.05, 0.1) is 12.0 Å². The Morgan fingerprint density at radius 3 is 2.59 bits per heavy atom. The van der Waals surface area contributed by atoms with Crippen LogP contribution in [0.15, 0.2) is 0 Å². The van der Waals surface area contributed by atoms with Gasteiger partial charge in [0, 0.05) is 18.5 Å². The number of rotatable bonds is 3. The largest absolute Gasteiger partial charge is 0.481 e. The van der Waals surface area contributed by atoms with Gasteiger partial charge in [-0.3, -0.25) is 4.79 Å². The van der Waals surface area contributed by atoms with Crippen LogP contribution in [-0.2, 0) is 16.8 Å². The molecule has 0 aliphatic carbocycles. The summed E-state index contributed by atoms with van der Waals surface area (Å²) in [5.74, 6) is -0.859. The van der Waals surface area contributed by atoms with E-state index in [-0.39, 0.29) is 18.0 Å². The first-order valence-electron chi connectivity index (χ1n) is 7.21. The molecule has 0 saturated carbocycles. The average molecular weight is 326 g/mol. The molecule has 8 heteroatoms. The predicted octanol–water partition coefficient (Wildman–Crippen LogP) is 1.84. The van der Waals surface area contributed by atoms with Crippen molar-refractivity contribution in [3.8, 4) is 0 Å². The van der Waals surface area contributed by atoms with Gasteiger partial charge in [0.25, 0.3) is 0 Å². The Hall–Kier alpha value is -1.70. The Morgan fingerprint density at radius 1 is 1.41 bits per heavy atom. The molecule has 0 radical (unpaired) electrons. The Morgan fingerprint density at radius 2 is 2.09 bits per heavy atom. The number of amides is 2. The van der Waals surface area contributed by atoms with Crippen molar-refractivity contribution in [2.45, 2.75) is 46.1 Å². The summed E-state index contributed by atoms with van der Waals surface area (Å²) in [6.45, 7) is 8.86. The van der Waals surface area contributed by atoms with E-state index >= 15 is 0 Å². The molecule has 1 unspecified atom stereocenters. The van der Waals surface area contributed by atoms with E-state index in [1.807, 2.05) is 0 Å². The standard InChI is InChI=1S/C14H22N4O3S/c1-13(2,3)10-17-16-9(22-10)7-15-12(21)18-6-5-14(4,8-18)11(19)20/h5-8H2,1-4H3,(H,15,21)(H,19,20). The Balaban J connectivity index is 1.89. The lowest BCUT2D eigenvalue weighted by atomic mass is 9.90. The highest BCUT2D eigenvalue weighted by Gasteiger charge is 2.42. The van der Waals surface area contributed by atoms with Crippen LogP contribution in [0.5, 0.6) is 0 Å². The summed E-state index contributed by atoms with van der Waals surface area (Å²) in [6.07, 6.45) is 0.475. The number of hydrogen-bond donors (Lipinski definition) is 2. The van der Waals surface area contributed by atoms with Crippen molar-refractivity contribution in [1.82, 2.24) is 20.4 Å². The summed E-state index contributed by atoms with van der Waals surface area (Å²) < 4.78 is 0. The fraction of sp³-hybridized carbons (Fsp3) is 0.714. The van der Waals surface area contributed by atoms with Gasteiger partial charge in [0.2, 0.25) is 0 Å². The lowest BCUT2D eigenvalue weighted by Crippen LogP contribution is -2.40. The fourth-order valence-electron chi connectivity index (χ4n) is 2.20. The highest BCUT2D eigenvalue weighted by atomic mass is 32.1. The second-order valence-corrected chi connectivity index (χ2v) is 8.01. The van der Waals surface area contributed by atoms with Gasteiger partial charge in [-0.2, -0.15) is 0 Å². The maximum Gasteiger partial charge on any atom is 0.317 e. The minimum Gasteiger partial charge on any atom is -0.481 e. The SMILES string of the molecule is CC1(C(=O)O)CCN(C(=O)NCc2nnc(C(C)(C)C)s2)C1. The van der Waals surface area contributed by atoms with Crippen molar-refractivity contribution in [2.24, 2.45) is 5.41 Å². The van der Waals surface area contributed by atoms with Crippen molar-refractivity contribution < 1.29 is 14.7 Å². The normalized spacial score (nSPS) is 21.9. The van der Waals surface area contributed by atoms with Gasteiger partial charge in [-0.25, -0.2) is 4.79 Å². The lowest BCUT2D eigenvalue weighted by Gasteiger charge is -2.20. The lowest BCUT2D eigenvalue weighted by molar-refractivity contribution is -0.147. The topological polar surface area (TPSA) is 95.4 Å². The number of likely N-dealkylation sites (tertiary alicyclic amines) is 1. The Labute approximate surface area is 133 Å². The van der Waals surface area contributed by atoms with Crippen LogP contribution in [0.2, 0.25) is 0 Å². The fourth-order valence-corrected chi connectivity index (χ4v) is 3.04. The van der Waals surface area contributed by atoms with E-state index in [1.165, 1.54) is 11.3 Å². The highest BCUT2D eigenvalue weighted by Crippen LogP contribution is 2.30. The summed E-state index contributed by atoms with van der Waals surface area (Å²) in [5, 5.41) is 21.9. The van der Waals surface area contributed by atoms with E-state index in [0.717, 1.165) is 10.0 Å². The number of hydrogen-bond acceptors (Lipinski definition) is 5. The molecule has 2 N–H and O–H groups in total. The number of aromatic nitrogens is 2. The zero-order chi connectivity index (χ0) is 16.5. The molecule has 0 bridgehead atoms. The summed E-state index contributed by atoms with van der Waals surface area (Å²) >= 11 is 1.48. The smallest absolute Gasteiger partial charge is 0.317 e. The molecule has 1 fully saturated rings. The van der Waals surface area contributed by atoms with Crippen molar-refractivity contribution in [3.05, 3.63) is 10.0 Å². The van der Waals surface area contributed by atoms with Crippen molar-refractivity contribution in [1.29, 1.82) is 0 Å². The zero-order valence-corrected chi connectivity index (χ0v) is 14.2. The molecule has 122 valence electrons. The van der Waals surface area contributed by atoms with Crippen LogP contribution in [0.4, 0.5) is 4.79 Å². The van der Waals surface area contributed by atoms with E-state index in [9.17, 15) is 14.7 Å². The number of nitrogens with one attached hydrogen (secondary N) is 1. The summed E-state index contributed by atoms with van der Waals surface area (Å²) in [6, 6.07) is -0.252. The summed E-state index contributed by atoms with van der Waals surface area (Å²) in [4.78, 5) is 24.8. The molecule has 2 amide bonds. The zero-order valence-electron chi connectivity index (χ0n) is 13.3. The van der Waals surface area contributed by atoms with Gasteiger partial charge < -0.3 is 15.3 Å².